The molecule has 0 spiro atoms. The first kappa shape index (κ1) is 16.6. The van der Waals surface area contributed by atoms with Gasteiger partial charge in [-0.25, -0.2) is 22.8 Å². The molecule has 1 aromatic carbocycles. The van der Waals surface area contributed by atoms with Gasteiger partial charge >= 0.3 is 0 Å². The molecule has 0 fully saturated rings. The van der Waals surface area contributed by atoms with Crippen molar-refractivity contribution in [3.8, 4) is 0 Å². The number of anilines is 1. The Morgan fingerprint density at radius 1 is 1.27 bits per heavy atom. The Balaban J connectivity index is 2.26. The summed E-state index contributed by atoms with van der Waals surface area (Å²) in [4.78, 5) is 7.82. The lowest BCUT2D eigenvalue weighted by Gasteiger charge is -2.16. The molecule has 0 saturated heterocycles. The van der Waals surface area contributed by atoms with Crippen LogP contribution >= 0.6 is 11.6 Å². The molecule has 0 aliphatic carbocycles. The average Bonchev–Trinajstić information content (AvgIpc) is 2.35. The van der Waals surface area contributed by atoms with Gasteiger partial charge in [-0.2, -0.15) is 0 Å². The molecule has 1 N–H and O–H groups in total. The Morgan fingerprint density at radius 2 is 1.95 bits per heavy atom. The second kappa shape index (κ2) is 6.18. The minimum absolute atomic E-state index is 0.284. The van der Waals surface area contributed by atoms with Crippen LogP contribution in [0.4, 0.5) is 10.2 Å². The summed E-state index contributed by atoms with van der Waals surface area (Å²) in [6, 6.07) is 5.30. The summed E-state index contributed by atoms with van der Waals surface area (Å²) in [6.45, 7) is 3.52. The Kier molecular flexibility index (Phi) is 4.67. The molecule has 1 atom stereocenters. The van der Waals surface area contributed by atoms with E-state index >= 15 is 0 Å². The minimum Gasteiger partial charge on any atom is -0.363 e. The molecule has 8 heteroatoms. The van der Waals surface area contributed by atoms with Crippen molar-refractivity contribution in [3.63, 3.8) is 0 Å². The highest BCUT2D eigenvalue weighted by atomic mass is 35.5. The predicted octanol–water partition coefficient (Wildman–Crippen LogP) is 3.15. The van der Waals surface area contributed by atoms with E-state index in [0.29, 0.717) is 22.4 Å². The van der Waals surface area contributed by atoms with Crippen LogP contribution < -0.4 is 5.32 Å². The van der Waals surface area contributed by atoms with Gasteiger partial charge in [0, 0.05) is 12.3 Å². The summed E-state index contributed by atoms with van der Waals surface area (Å²) in [5.74, 6) is 0.254. The fraction of sp³-hybridized carbons (Fsp3) is 0.286. The quantitative estimate of drug-likeness (QED) is 0.863. The molecule has 5 nitrogen and oxygen atoms in total. The maximum absolute atomic E-state index is 13.9. The molecule has 0 aliphatic rings. The summed E-state index contributed by atoms with van der Waals surface area (Å²) in [7, 11) is -3.58. The number of aromatic nitrogens is 2. The number of rotatable bonds is 4. The van der Waals surface area contributed by atoms with E-state index in [4.69, 9.17) is 11.6 Å². The van der Waals surface area contributed by atoms with E-state index in [-0.39, 0.29) is 10.9 Å². The van der Waals surface area contributed by atoms with Crippen molar-refractivity contribution < 1.29 is 12.8 Å². The van der Waals surface area contributed by atoms with E-state index in [1.54, 1.807) is 26.0 Å². The lowest BCUT2D eigenvalue weighted by molar-refractivity contribution is 0.568. The number of hydrogen-bond donors (Lipinski definition) is 1. The molecule has 1 heterocycles. The first-order chi connectivity index (χ1) is 10.2. The summed E-state index contributed by atoms with van der Waals surface area (Å²) >= 11 is 5.86. The van der Waals surface area contributed by atoms with Crippen LogP contribution in [0.5, 0.6) is 0 Å². The van der Waals surface area contributed by atoms with Crippen LogP contribution in [0.15, 0.2) is 29.2 Å². The van der Waals surface area contributed by atoms with Crippen LogP contribution in [0.3, 0.4) is 0 Å². The number of halogens is 2. The summed E-state index contributed by atoms with van der Waals surface area (Å²) < 4.78 is 36.7. The van der Waals surface area contributed by atoms with Crippen molar-refractivity contribution in [2.45, 2.75) is 24.8 Å². The minimum atomic E-state index is -3.58. The fourth-order valence-electron chi connectivity index (χ4n) is 2.00. The topological polar surface area (TPSA) is 72.0 Å². The van der Waals surface area contributed by atoms with Crippen molar-refractivity contribution in [3.05, 3.63) is 46.6 Å². The van der Waals surface area contributed by atoms with Crippen LogP contribution in [-0.2, 0) is 9.84 Å². The number of hydrogen-bond acceptors (Lipinski definition) is 5. The number of nitrogens with one attached hydrogen (secondary N) is 1. The molecular formula is C14H15ClFN3O2S. The van der Waals surface area contributed by atoms with Crippen LogP contribution in [0.2, 0.25) is 5.15 Å². The van der Waals surface area contributed by atoms with Gasteiger partial charge in [-0.05, 0) is 31.5 Å². The van der Waals surface area contributed by atoms with E-state index in [1.165, 1.54) is 12.1 Å². The summed E-state index contributed by atoms with van der Waals surface area (Å²) in [5, 5.41) is 3.38. The number of nitrogens with zero attached hydrogens (tertiary/aromatic N) is 2. The van der Waals surface area contributed by atoms with Crippen molar-refractivity contribution in [1.29, 1.82) is 0 Å². The predicted molar refractivity (Wildman–Crippen MR) is 83.3 cm³/mol. The molecule has 1 aromatic heterocycles. The summed E-state index contributed by atoms with van der Waals surface area (Å²) in [6.07, 6.45) is 0.971. The van der Waals surface area contributed by atoms with Crippen LogP contribution in [-0.4, -0.2) is 24.6 Å². The van der Waals surface area contributed by atoms with Gasteiger partial charge in [0.15, 0.2) is 9.84 Å². The van der Waals surface area contributed by atoms with E-state index in [1.807, 2.05) is 0 Å². The highest BCUT2D eigenvalue weighted by Crippen LogP contribution is 2.23. The van der Waals surface area contributed by atoms with Gasteiger partial charge in [0.05, 0.1) is 6.04 Å². The lowest BCUT2D eigenvalue weighted by Crippen LogP contribution is -2.10. The molecular weight excluding hydrogens is 329 g/mol. The number of aryl methyl sites for hydroxylation is 1. The zero-order chi connectivity index (χ0) is 16.5. The third-order valence-corrected chi connectivity index (χ3v) is 4.35. The molecule has 2 rings (SSSR count). The maximum atomic E-state index is 13.9. The largest absolute Gasteiger partial charge is 0.363 e. The lowest BCUT2D eigenvalue weighted by atomic mass is 10.1. The van der Waals surface area contributed by atoms with Gasteiger partial charge in [0.2, 0.25) is 0 Å². The zero-order valence-corrected chi connectivity index (χ0v) is 13.8. The standard InChI is InChI=1S/C14H15ClFN3O2S/c1-8(17-14-7-13(15)18-9(2)19-14)10-4-5-12(11(16)6-10)22(3,20)21/h4-8H,1-3H3,(H,17,18,19)/t8-/m0/s1. The highest BCUT2D eigenvalue weighted by molar-refractivity contribution is 7.90. The van der Waals surface area contributed by atoms with Crippen LogP contribution in [0, 0.1) is 12.7 Å². The third-order valence-electron chi connectivity index (χ3n) is 3.03. The van der Waals surface area contributed by atoms with Gasteiger partial charge in [0.1, 0.15) is 27.5 Å². The zero-order valence-electron chi connectivity index (χ0n) is 12.3. The van der Waals surface area contributed by atoms with E-state index in [9.17, 15) is 12.8 Å². The Bertz CT molecular complexity index is 791. The van der Waals surface area contributed by atoms with Gasteiger partial charge in [-0.3, -0.25) is 0 Å². The Hall–Kier alpha value is -1.73. The number of sulfone groups is 1. The van der Waals surface area contributed by atoms with E-state index in [0.717, 1.165) is 6.26 Å². The summed E-state index contributed by atoms with van der Waals surface area (Å²) in [5.41, 5.74) is 0.595. The van der Waals surface area contributed by atoms with E-state index in [2.05, 4.69) is 15.3 Å². The van der Waals surface area contributed by atoms with Crippen molar-refractivity contribution in [2.24, 2.45) is 0 Å². The molecule has 22 heavy (non-hydrogen) atoms. The second-order valence-corrected chi connectivity index (χ2v) is 7.32. The highest BCUT2D eigenvalue weighted by Gasteiger charge is 2.16. The van der Waals surface area contributed by atoms with Gasteiger partial charge in [-0.1, -0.05) is 17.7 Å². The smallest absolute Gasteiger partial charge is 0.178 e. The molecule has 0 bridgehead atoms. The van der Waals surface area contributed by atoms with Gasteiger partial charge in [0.25, 0.3) is 0 Å². The SMILES string of the molecule is Cc1nc(Cl)cc(N[C@@H](C)c2ccc(S(C)(=O)=O)c(F)c2)n1. The fourth-order valence-corrected chi connectivity index (χ4v) is 2.95. The molecule has 2 aromatic rings. The second-order valence-electron chi connectivity index (χ2n) is 4.95. The molecule has 0 unspecified atom stereocenters. The first-order valence-corrected chi connectivity index (χ1v) is 8.71. The molecule has 118 valence electrons. The molecule has 0 radical (unpaired) electrons. The molecule has 0 saturated carbocycles. The van der Waals surface area contributed by atoms with Crippen molar-refractivity contribution in [2.75, 3.05) is 11.6 Å². The van der Waals surface area contributed by atoms with Gasteiger partial charge in [-0.15, -0.1) is 0 Å². The third kappa shape index (κ3) is 3.92. The normalized spacial score (nSPS) is 13.0. The maximum Gasteiger partial charge on any atom is 0.178 e. The monoisotopic (exact) mass is 343 g/mol. The first-order valence-electron chi connectivity index (χ1n) is 6.44. The average molecular weight is 344 g/mol. The van der Waals surface area contributed by atoms with Crippen molar-refractivity contribution >= 4 is 27.3 Å². The molecule has 0 amide bonds. The molecule has 0 aliphatic heterocycles. The van der Waals surface area contributed by atoms with Crippen LogP contribution in [0.1, 0.15) is 24.4 Å². The Morgan fingerprint density at radius 3 is 2.50 bits per heavy atom. The Labute approximate surface area is 133 Å². The van der Waals surface area contributed by atoms with Crippen molar-refractivity contribution in [1.82, 2.24) is 9.97 Å². The van der Waals surface area contributed by atoms with E-state index < -0.39 is 15.7 Å². The van der Waals surface area contributed by atoms with Crippen LogP contribution in [0.25, 0.3) is 0 Å². The number of benzene rings is 1. The van der Waals surface area contributed by atoms with Gasteiger partial charge < -0.3 is 5.32 Å².